The zero-order chi connectivity index (χ0) is 9.68. The Kier molecular flexibility index (Phi) is 3.86. The van der Waals surface area contributed by atoms with Crippen LogP contribution in [0, 0.1) is 0 Å². The lowest BCUT2D eigenvalue weighted by molar-refractivity contribution is 0.161. The molecule has 0 heterocycles. The summed E-state index contributed by atoms with van der Waals surface area (Å²) in [4.78, 5) is 0. The molecule has 2 nitrogen and oxygen atoms in total. The minimum Gasteiger partial charge on any atom is -0.316 e. The first-order chi connectivity index (χ1) is 6.22. The van der Waals surface area contributed by atoms with Crippen LogP contribution in [0.4, 0.5) is 4.39 Å². The van der Waals surface area contributed by atoms with Crippen LogP contribution in [0.5, 0.6) is 0 Å². The number of hydrogen-bond donors (Lipinski definition) is 2. The van der Waals surface area contributed by atoms with Crippen molar-refractivity contribution in [2.75, 3.05) is 0 Å². The highest BCUT2D eigenvalue weighted by Gasteiger charge is 2.01. The van der Waals surface area contributed by atoms with Gasteiger partial charge in [-0.15, -0.1) is 0 Å². The third-order valence-electron chi connectivity index (χ3n) is 1.79. The molecule has 0 aliphatic carbocycles. The summed E-state index contributed by atoms with van der Waals surface area (Å²) in [5.74, 6) is 0. The van der Waals surface area contributed by atoms with E-state index in [0.717, 1.165) is 11.1 Å². The highest BCUT2D eigenvalue weighted by atomic mass is 19.1. The Hall–Kier alpha value is -0.930. The van der Waals surface area contributed by atoms with E-state index in [1.165, 1.54) is 6.92 Å². The summed E-state index contributed by atoms with van der Waals surface area (Å²) in [5.41, 5.74) is 3.99. The molecule has 0 amide bonds. The first-order valence-corrected chi connectivity index (χ1v) is 4.31. The average molecular weight is 183 g/mol. The van der Waals surface area contributed by atoms with E-state index in [2.05, 4.69) is 5.48 Å². The number of alkyl halides is 1. The lowest BCUT2D eigenvalue weighted by atomic mass is 10.1. The Morgan fingerprint density at radius 3 is 2.77 bits per heavy atom. The molecule has 0 fully saturated rings. The van der Waals surface area contributed by atoms with Gasteiger partial charge in [0.15, 0.2) is 0 Å². The number of rotatable bonds is 4. The van der Waals surface area contributed by atoms with E-state index in [1.807, 2.05) is 24.3 Å². The van der Waals surface area contributed by atoms with Crippen LogP contribution in [0.15, 0.2) is 24.3 Å². The van der Waals surface area contributed by atoms with Gasteiger partial charge in [-0.25, -0.2) is 9.87 Å². The summed E-state index contributed by atoms with van der Waals surface area (Å²) in [6, 6.07) is 7.52. The van der Waals surface area contributed by atoms with E-state index in [-0.39, 0.29) is 0 Å². The van der Waals surface area contributed by atoms with Gasteiger partial charge < -0.3 is 5.21 Å². The highest BCUT2D eigenvalue weighted by Crippen LogP contribution is 2.08. The van der Waals surface area contributed by atoms with Crippen molar-refractivity contribution in [2.45, 2.75) is 26.1 Å². The van der Waals surface area contributed by atoms with Crippen LogP contribution in [0.2, 0.25) is 0 Å². The van der Waals surface area contributed by atoms with Crippen LogP contribution in [0.25, 0.3) is 0 Å². The maximum absolute atomic E-state index is 12.6. The fraction of sp³-hybridized carbons (Fsp3) is 0.400. The molecule has 0 aromatic heterocycles. The van der Waals surface area contributed by atoms with Gasteiger partial charge in [0.2, 0.25) is 0 Å². The molecule has 0 radical (unpaired) electrons. The Bertz CT molecular complexity index is 263. The molecule has 13 heavy (non-hydrogen) atoms. The SMILES string of the molecule is CC(F)Cc1cccc(CNO)c1. The zero-order valence-corrected chi connectivity index (χ0v) is 7.63. The smallest absolute Gasteiger partial charge is 0.101 e. The molecular weight excluding hydrogens is 169 g/mol. The molecule has 3 heteroatoms. The molecule has 1 unspecified atom stereocenters. The van der Waals surface area contributed by atoms with Gasteiger partial charge in [-0.1, -0.05) is 24.3 Å². The Balaban J connectivity index is 2.67. The van der Waals surface area contributed by atoms with Gasteiger partial charge in [-0.2, -0.15) is 0 Å². The Morgan fingerprint density at radius 2 is 2.15 bits per heavy atom. The fourth-order valence-corrected chi connectivity index (χ4v) is 1.28. The van der Waals surface area contributed by atoms with Gasteiger partial charge in [0.05, 0.1) is 0 Å². The van der Waals surface area contributed by atoms with Crippen molar-refractivity contribution < 1.29 is 9.60 Å². The number of hydroxylamine groups is 1. The number of benzene rings is 1. The van der Waals surface area contributed by atoms with E-state index < -0.39 is 6.17 Å². The van der Waals surface area contributed by atoms with Crippen LogP contribution >= 0.6 is 0 Å². The van der Waals surface area contributed by atoms with Crippen molar-refractivity contribution in [3.8, 4) is 0 Å². The standard InChI is InChI=1S/C10H14FNO/c1-8(11)5-9-3-2-4-10(6-9)7-12-13/h2-4,6,8,12-13H,5,7H2,1H3. The lowest BCUT2D eigenvalue weighted by Crippen LogP contribution is -2.07. The maximum Gasteiger partial charge on any atom is 0.101 e. The second-order valence-electron chi connectivity index (χ2n) is 3.14. The van der Waals surface area contributed by atoms with E-state index in [9.17, 15) is 4.39 Å². The van der Waals surface area contributed by atoms with Gasteiger partial charge in [0.25, 0.3) is 0 Å². The second-order valence-corrected chi connectivity index (χ2v) is 3.14. The van der Waals surface area contributed by atoms with Crippen molar-refractivity contribution in [3.63, 3.8) is 0 Å². The molecule has 0 aliphatic heterocycles. The summed E-state index contributed by atoms with van der Waals surface area (Å²) in [5, 5.41) is 8.47. The molecule has 0 aliphatic rings. The third-order valence-corrected chi connectivity index (χ3v) is 1.79. The van der Waals surface area contributed by atoms with Crippen LogP contribution < -0.4 is 5.48 Å². The minimum absolute atomic E-state index is 0.397. The topological polar surface area (TPSA) is 32.3 Å². The van der Waals surface area contributed by atoms with Crippen LogP contribution in [-0.2, 0) is 13.0 Å². The summed E-state index contributed by atoms with van der Waals surface area (Å²) in [6.45, 7) is 1.94. The van der Waals surface area contributed by atoms with Gasteiger partial charge in [-0.05, 0) is 18.1 Å². The summed E-state index contributed by atoms with van der Waals surface area (Å²) < 4.78 is 12.6. The molecule has 0 saturated carbocycles. The number of halogens is 1. The molecule has 1 rings (SSSR count). The number of nitrogens with one attached hydrogen (secondary N) is 1. The first kappa shape index (κ1) is 10.2. The van der Waals surface area contributed by atoms with Crippen molar-refractivity contribution in [2.24, 2.45) is 0 Å². The highest BCUT2D eigenvalue weighted by molar-refractivity contribution is 5.23. The predicted molar refractivity (Wildman–Crippen MR) is 49.3 cm³/mol. The van der Waals surface area contributed by atoms with E-state index in [0.29, 0.717) is 13.0 Å². The molecule has 0 saturated heterocycles. The van der Waals surface area contributed by atoms with E-state index >= 15 is 0 Å². The second kappa shape index (κ2) is 4.94. The Labute approximate surface area is 77.4 Å². The molecule has 72 valence electrons. The zero-order valence-electron chi connectivity index (χ0n) is 7.63. The molecular formula is C10H14FNO. The quantitative estimate of drug-likeness (QED) is 0.700. The summed E-state index contributed by atoms with van der Waals surface area (Å²) in [6.07, 6.45) is -0.392. The average Bonchev–Trinajstić information content (AvgIpc) is 2.04. The molecule has 2 N–H and O–H groups in total. The molecule has 0 bridgehead atoms. The van der Waals surface area contributed by atoms with Gasteiger partial charge >= 0.3 is 0 Å². The largest absolute Gasteiger partial charge is 0.316 e. The van der Waals surface area contributed by atoms with Crippen LogP contribution in [0.3, 0.4) is 0 Å². The first-order valence-electron chi connectivity index (χ1n) is 4.31. The number of hydrogen-bond acceptors (Lipinski definition) is 2. The van der Waals surface area contributed by atoms with Crippen molar-refractivity contribution in [1.29, 1.82) is 0 Å². The van der Waals surface area contributed by atoms with Crippen molar-refractivity contribution in [1.82, 2.24) is 5.48 Å². The summed E-state index contributed by atoms with van der Waals surface area (Å²) >= 11 is 0. The van der Waals surface area contributed by atoms with Crippen molar-refractivity contribution in [3.05, 3.63) is 35.4 Å². The Morgan fingerprint density at radius 1 is 1.46 bits per heavy atom. The normalized spacial score (nSPS) is 12.8. The monoisotopic (exact) mass is 183 g/mol. The van der Waals surface area contributed by atoms with Crippen molar-refractivity contribution >= 4 is 0 Å². The van der Waals surface area contributed by atoms with E-state index in [4.69, 9.17) is 5.21 Å². The minimum atomic E-state index is -0.822. The summed E-state index contributed by atoms with van der Waals surface area (Å²) in [7, 11) is 0. The van der Waals surface area contributed by atoms with E-state index in [1.54, 1.807) is 0 Å². The predicted octanol–water partition coefficient (Wildman–Crippen LogP) is 2.07. The molecule has 0 spiro atoms. The fourth-order valence-electron chi connectivity index (χ4n) is 1.28. The maximum atomic E-state index is 12.6. The third kappa shape index (κ3) is 3.53. The molecule has 1 aromatic carbocycles. The van der Waals surface area contributed by atoms with Crippen LogP contribution in [-0.4, -0.2) is 11.4 Å². The van der Waals surface area contributed by atoms with Gasteiger partial charge in [0, 0.05) is 13.0 Å². The molecule has 1 aromatic rings. The molecule has 1 atom stereocenters. The lowest BCUT2D eigenvalue weighted by Gasteiger charge is -2.04. The van der Waals surface area contributed by atoms with Crippen LogP contribution in [0.1, 0.15) is 18.1 Å². The van der Waals surface area contributed by atoms with Gasteiger partial charge in [0.1, 0.15) is 6.17 Å². The van der Waals surface area contributed by atoms with Gasteiger partial charge in [-0.3, -0.25) is 0 Å².